The standard InChI is InChI=1S/C18H30N2O4.C2HF3O2/c1-17(2,14-7-5-4-6-8-14)11-19-16(23)20-10-9-18(12-20,13-24-3)15(21)22;3-2(4,5)1(6)7/h7H,4-6,8-13H2,1-3H3,(H,19,23)(H,21,22);(H,6,7). The molecule has 2 aliphatic rings. The Labute approximate surface area is 179 Å². The number of hydrogen-bond acceptors (Lipinski definition) is 4. The lowest BCUT2D eigenvalue weighted by Gasteiger charge is -2.31. The van der Waals surface area contributed by atoms with Gasteiger partial charge in [0.05, 0.1) is 6.61 Å². The van der Waals surface area contributed by atoms with Crippen LogP contribution < -0.4 is 5.32 Å². The van der Waals surface area contributed by atoms with Crippen molar-refractivity contribution >= 4 is 18.0 Å². The van der Waals surface area contributed by atoms with E-state index in [4.69, 9.17) is 14.6 Å². The number of amides is 2. The van der Waals surface area contributed by atoms with E-state index in [0.717, 1.165) is 12.8 Å². The van der Waals surface area contributed by atoms with Gasteiger partial charge in [0.1, 0.15) is 5.41 Å². The highest BCUT2D eigenvalue weighted by Crippen LogP contribution is 2.34. The molecular weight excluding hydrogens is 421 g/mol. The number of nitrogens with zero attached hydrogens (tertiary/aromatic N) is 1. The summed E-state index contributed by atoms with van der Waals surface area (Å²) < 4.78 is 36.8. The third-order valence-corrected chi connectivity index (χ3v) is 5.60. The molecule has 1 aliphatic heterocycles. The van der Waals surface area contributed by atoms with E-state index < -0.39 is 23.5 Å². The van der Waals surface area contributed by atoms with Crippen LogP contribution in [-0.4, -0.2) is 72.6 Å². The fourth-order valence-electron chi connectivity index (χ4n) is 3.65. The summed E-state index contributed by atoms with van der Waals surface area (Å²) in [4.78, 5) is 34.5. The quantitative estimate of drug-likeness (QED) is 0.533. The van der Waals surface area contributed by atoms with Gasteiger partial charge in [0.2, 0.25) is 0 Å². The van der Waals surface area contributed by atoms with Gasteiger partial charge in [0.25, 0.3) is 0 Å². The Balaban J connectivity index is 0.000000592. The van der Waals surface area contributed by atoms with Gasteiger partial charge >= 0.3 is 24.1 Å². The number of carbonyl (C=O) groups excluding carboxylic acids is 1. The minimum atomic E-state index is -5.08. The van der Waals surface area contributed by atoms with Gasteiger partial charge in [-0.3, -0.25) is 4.79 Å². The van der Waals surface area contributed by atoms with E-state index in [-0.39, 0.29) is 24.6 Å². The largest absolute Gasteiger partial charge is 0.490 e. The van der Waals surface area contributed by atoms with Crippen molar-refractivity contribution in [1.82, 2.24) is 10.2 Å². The van der Waals surface area contributed by atoms with E-state index in [2.05, 4.69) is 25.2 Å². The van der Waals surface area contributed by atoms with Crippen molar-refractivity contribution in [2.75, 3.05) is 33.4 Å². The number of likely N-dealkylation sites (tertiary alicyclic amines) is 1. The lowest BCUT2D eigenvalue weighted by Crippen LogP contribution is -2.45. The van der Waals surface area contributed by atoms with Gasteiger partial charge in [-0.15, -0.1) is 0 Å². The van der Waals surface area contributed by atoms with Crippen molar-refractivity contribution in [2.45, 2.75) is 52.1 Å². The third kappa shape index (κ3) is 7.71. The van der Waals surface area contributed by atoms with E-state index in [1.54, 1.807) is 4.90 Å². The van der Waals surface area contributed by atoms with Crippen LogP contribution in [-0.2, 0) is 14.3 Å². The van der Waals surface area contributed by atoms with Crippen molar-refractivity contribution < 1.29 is 42.5 Å². The molecule has 0 saturated carbocycles. The van der Waals surface area contributed by atoms with Gasteiger partial charge < -0.3 is 25.2 Å². The van der Waals surface area contributed by atoms with Crippen LogP contribution in [0.15, 0.2) is 11.6 Å². The summed E-state index contributed by atoms with van der Waals surface area (Å²) in [6.45, 7) is 5.65. The molecule has 0 spiro atoms. The number of hydrogen-bond donors (Lipinski definition) is 3. The third-order valence-electron chi connectivity index (χ3n) is 5.60. The molecule has 3 N–H and O–H groups in total. The molecule has 0 bridgehead atoms. The predicted octanol–water partition coefficient (Wildman–Crippen LogP) is 3.28. The Morgan fingerprint density at radius 1 is 1.23 bits per heavy atom. The lowest BCUT2D eigenvalue weighted by molar-refractivity contribution is -0.192. The zero-order chi connectivity index (χ0) is 23.9. The Bertz CT molecular complexity index is 693. The van der Waals surface area contributed by atoms with Gasteiger partial charge in [-0.05, 0) is 32.1 Å². The van der Waals surface area contributed by atoms with Gasteiger partial charge in [-0.2, -0.15) is 13.2 Å². The Morgan fingerprint density at radius 3 is 2.29 bits per heavy atom. The fraction of sp³-hybridized carbons (Fsp3) is 0.750. The molecule has 31 heavy (non-hydrogen) atoms. The summed E-state index contributed by atoms with van der Waals surface area (Å²) in [7, 11) is 1.49. The first kappa shape index (κ1) is 26.7. The van der Waals surface area contributed by atoms with Crippen LogP contribution in [0.5, 0.6) is 0 Å². The number of urea groups is 1. The van der Waals surface area contributed by atoms with Crippen molar-refractivity contribution in [1.29, 1.82) is 0 Å². The minimum Gasteiger partial charge on any atom is -0.481 e. The molecular formula is C20H31F3N2O6. The maximum Gasteiger partial charge on any atom is 0.490 e. The number of carboxylic acids is 2. The normalized spacial score (nSPS) is 21.6. The van der Waals surface area contributed by atoms with Crippen LogP contribution >= 0.6 is 0 Å². The van der Waals surface area contributed by atoms with E-state index in [1.807, 2.05) is 0 Å². The molecule has 0 radical (unpaired) electrons. The number of aliphatic carboxylic acids is 2. The van der Waals surface area contributed by atoms with Gasteiger partial charge in [0, 0.05) is 32.2 Å². The summed E-state index contributed by atoms with van der Waals surface area (Å²) in [5, 5.41) is 19.6. The van der Waals surface area contributed by atoms with Crippen LogP contribution in [0.2, 0.25) is 0 Å². The van der Waals surface area contributed by atoms with Crippen molar-refractivity contribution in [2.24, 2.45) is 10.8 Å². The van der Waals surface area contributed by atoms with Crippen LogP contribution in [0, 0.1) is 10.8 Å². The average Bonchev–Trinajstić information content (AvgIpc) is 3.13. The number of nitrogens with one attached hydrogen (secondary N) is 1. The molecule has 0 aromatic rings. The van der Waals surface area contributed by atoms with Gasteiger partial charge in [-0.25, -0.2) is 9.59 Å². The number of rotatable bonds is 6. The second-order valence-electron chi connectivity index (χ2n) is 8.51. The first-order valence-corrected chi connectivity index (χ1v) is 10.00. The number of alkyl halides is 3. The molecule has 0 aromatic carbocycles. The minimum absolute atomic E-state index is 0.0633. The summed E-state index contributed by atoms with van der Waals surface area (Å²) in [5.41, 5.74) is 0.370. The number of allylic oxidation sites excluding steroid dienone is 1. The van der Waals surface area contributed by atoms with E-state index in [9.17, 15) is 27.9 Å². The molecule has 1 atom stereocenters. The van der Waals surface area contributed by atoms with Crippen LogP contribution in [0.4, 0.5) is 18.0 Å². The predicted molar refractivity (Wildman–Crippen MR) is 106 cm³/mol. The van der Waals surface area contributed by atoms with Gasteiger partial charge in [-0.1, -0.05) is 25.5 Å². The summed E-state index contributed by atoms with van der Waals surface area (Å²) >= 11 is 0. The first-order chi connectivity index (χ1) is 14.2. The van der Waals surface area contributed by atoms with E-state index >= 15 is 0 Å². The molecule has 1 heterocycles. The molecule has 1 saturated heterocycles. The number of carbonyl (C=O) groups is 3. The summed E-state index contributed by atoms with van der Waals surface area (Å²) in [6.07, 6.45) is 2.33. The zero-order valence-electron chi connectivity index (χ0n) is 18.0. The Kier molecular flexibility index (Phi) is 9.34. The Hall–Kier alpha value is -2.30. The zero-order valence-corrected chi connectivity index (χ0v) is 18.0. The maximum atomic E-state index is 12.5. The number of ether oxygens (including phenoxy) is 1. The van der Waals surface area contributed by atoms with E-state index in [1.165, 1.54) is 25.5 Å². The molecule has 0 aromatic heterocycles. The van der Waals surface area contributed by atoms with Crippen molar-refractivity contribution in [3.63, 3.8) is 0 Å². The van der Waals surface area contributed by atoms with Crippen molar-refractivity contribution in [3.05, 3.63) is 11.6 Å². The molecule has 178 valence electrons. The molecule has 1 aliphatic carbocycles. The molecule has 11 heteroatoms. The highest BCUT2D eigenvalue weighted by Gasteiger charge is 2.46. The lowest BCUT2D eigenvalue weighted by atomic mass is 9.78. The van der Waals surface area contributed by atoms with Gasteiger partial charge in [0.15, 0.2) is 0 Å². The summed E-state index contributed by atoms with van der Waals surface area (Å²) in [6, 6.07) is -0.182. The highest BCUT2D eigenvalue weighted by molar-refractivity contribution is 5.80. The second-order valence-corrected chi connectivity index (χ2v) is 8.51. The molecule has 1 unspecified atom stereocenters. The monoisotopic (exact) mass is 452 g/mol. The smallest absolute Gasteiger partial charge is 0.481 e. The average molecular weight is 452 g/mol. The maximum absolute atomic E-state index is 12.5. The SMILES string of the molecule is COCC1(C(=O)O)CCN(C(=O)NCC(C)(C)C2=CCCCC2)C1.O=C(O)C(F)(F)F. The molecule has 2 amide bonds. The van der Waals surface area contributed by atoms with Crippen LogP contribution in [0.3, 0.4) is 0 Å². The van der Waals surface area contributed by atoms with E-state index in [0.29, 0.717) is 19.5 Å². The molecule has 1 fully saturated rings. The second kappa shape index (κ2) is 10.8. The van der Waals surface area contributed by atoms with Crippen LogP contribution in [0.1, 0.15) is 46.0 Å². The Morgan fingerprint density at radius 2 is 1.84 bits per heavy atom. The molecule has 8 nitrogen and oxygen atoms in total. The number of halogens is 3. The molecule has 2 rings (SSSR count). The number of carboxylic acid groups (broad SMARTS) is 2. The van der Waals surface area contributed by atoms with Crippen molar-refractivity contribution in [3.8, 4) is 0 Å². The van der Waals surface area contributed by atoms with Crippen LogP contribution in [0.25, 0.3) is 0 Å². The highest BCUT2D eigenvalue weighted by atomic mass is 19.4. The fourth-order valence-corrected chi connectivity index (χ4v) is 3.65. The number of methoxy groups -OCH3 is 1. The topological polar surface area (TPSA) is 116 Å². The first-order valence-electron chi connectivity index (χ1n) is 10.00. The summed E-state index contributed by atoms with van der Waals surface area (Å²) in [5.74, 6) is -3.65.